The maximum atomic E-state index is 5.70. The largest absolute Gasteiger partial charge is 0.361 e. The summed E-state index contributed by atoms with van der Waals surface area (Å²) in [4.78, 5) is 0. The maximum Gasteiger partial charge on any atom is 0.143 e. The fraction of sp³-hybridized carbons (Fsp3) is 0.571. The summed E-state index contributed by atoms with van der Waals surface area (Å²) in [5.41, 5.74) is -0.0992. The molecule has 0 unspecified atom stereocenters. The molecule has 0 saturated heterocycles. The number of hydrogen-bond donors (Lipinski definition) is 0. The molecule has 1 heterocycles. The Hall–Kier alpha value is -0.500. The van der Waals surface area contributed by atoms with E-state index in [1.807, 2.05) is 19.9 Å². The Morgan fingerprint density at radius 2 is 2.40 bits per heavy atom. The standard InChI is InChI=1S/C7H10ClNO/c1-7(2,5-8)6-3-4-9-10-6/h3-4H,5H2,1-2H3. The van der Waals surface area contributed by atoms with Crippen molar-refractivity contribution in [3.8, 4) is 0 Å². The van der Waals surface area contributed by atoms with Gasteiger partial charge in [-0.3, -0.25) is 0 Å². The van der Waals surface area contributed by atoms with Crippen molar-refractivity contribution in [2.24, 2.45) is 0 Å². The van der Waals surface area contributed by atoms with Crippen molar-refractivity contribution < 1.29 is 4.52 Å². The van der Waals surface area contributed by atoms with Crippen LogP contribution in [0, 0.1) is 0 Å². The molecule has 0 fully saturated rings. The van der Waals surface area contributed by atoms with Gasteiger partial charge in [-0.15, -0.1) is 11.6 Å². The average molecular weight is 160 g/mol. The Morgan fingerprint density at radius 3 is 2.80 bits per heavy atom. The van der Waals surface area contributed by atoms with Gasteiger partial charge in [-0.05, 0) is 0 Å². The first-order valence-corrected chi connectivity index (χ1v) is 3.67. The Bertz CT molecular complexity index is 193. The lowest BCUT2D eigenvalue weighted by atomic mass is 9.93. The van der Waals surface area contributed by atoms with Crippen LogP contribution >= 0.6 is 11.6 Å². The molecule has 0 aromatic carbocycles. The third kappa shape index (κ3) is 1.32. The Morgan fingerprint density at radius 1 is 1.70 bits per heavy atom. The van der Waals surface area contributed by atoms with Crippen LogP contribution in [0.25, 0.3) is 0 Å². The quantitative estimate of drug-likeness (QED) is 0.619. The van der Waals surface area contributed by atoms with Gasteiger partial charge < -0.3 is 4.52 Å². The fourth-order valence-corrected chi connectivity index (χ4v) is 0.762. The van der Waals surface area contributed by atoms with Crippen LogP contribution in [0.2, 0.25) is 0 Å². The van der Waals surface area contributed by atoms with Crippen molar-refractivity contribution in [3.05, 3.63) is 18.0 Å². The molecule has 0 bridgehead atoms. The minimum Gasteiger partial charge on any atom is -0.361 e. The average Bonchev–Trinajstić information content (AvgIpc) is 2.38. The molecule has 0 aliphatic heterocycles. The van der Waals surface area contributed by atoms with E-state index < -0.39 is 0 Å². The fourth-order valence-electron chi connectivity index (χ4n) is 0.631. The van der Waals surface area contributed by atoms with Crippen LogP contribution in [-0.4, -0.2) is 11.0 Å². The molecule has 0 N–H and O–H groups in total. The molecule has 1 rings (SSSR count). The molecular weight excluding hydrogens is 150 g/mol. The normalized spacial score (nSPS) is 11.9. The van der Waals surface area contributed by atoms with Gasteiger partial charge in [0.2, 0.25) is 0 Å². The third-order valence-electron chi connectivity index (χ3n) is 1.44. The number of halogens is 1. The Kier molecular flexibility index (Phi) is 2.00. The minimum absolute atomic E-state index is 0.0992. The maximum absolute atomic E-state index is 5.70. The smallest absolute Gasteiger partial charge is 0.143 e. The molecule has 2 nitrogen and oxygen atoms in total. The first kappa shape index (κ1) is 7.61. The molecule has 1 aromatic rings. The molecule has 0 aliphatic rings. The van der Waals surface area contributed by atoms with Crippen molar-refractivity contribution in [1.29, 1.82) is 0 Å². The van der Waals surface area contributed by atoms with Crippen LogP contribution < -0.4 is 0 Å². The van der Waals surface area contributed by atoms with E-state index in [0.29, 0.717) is 5.88 Å². The summed E-state index contributed by atoms with van der Waals surface area (Å²) in [6, 6.07) is 1.84. The molecule has 3 heteroatoms. The van der Waals surface area contributed by atoms with Gasteiger partial charge in [-0.1, -0.05) is 19.0 Å². The zero-order chi connectivity index (χ0) is 7.61. The van der Waals surface area contributed by atoms with E-state index in [4.69, 9.17) is 16.1 Å². The second-order valence-electron chi connectivity index (χ2n) is 2.89. The van der Waals surface area contributed by atoms with Gasteiger partial charge in [-0.2, -0.15) is 0 Å². The van der Waals surface area contributed by atoms with E-state index in [-0.39, 0.29) is 5.41 Å². The highest BCUT2D eigenvalue weighted by molar-refractivity contribution is 6.18. The molecule has 10 heavy (non-hydrogen) atoms. The van der Waals surface area contributed by atoms with Crippen molar-refractivity contribution in [1.82, 2.24) is 5.16 Å². The predicted molar refractivity (Wildman–Crippen MR) is 40.2 cm³/mol. The van der Waals surface area contributed by atoms with Crippen molar-refractivity contribution in [2.75, 3.05) is 5.88 Å². The van der Waals surface area contributed by atoms with Gasteiger partial charge in [0, 0.05) is 17.4 Å². The lowest BCUT2D eigenvalue weighted by molar-refractivity contribution is 0.331. The van der Waals surface area contributed by atoms with Crippen LogP contribution in [-0.2, 0) is 5.41 Å². The van der Waals surface area contributed by atoms with E-state index in [0.717, 1.165) is 5.76 Å². The minimum atomic E-state index is -0.0992. The topological polar surface area (TPSA) is 26.0 Å². The summed E-state index contributed by atoms with van der Waals surface area (Å²) in [7, 11) is 0. The lowest BCUT2D eigenvalue weighted by Gasteiger charge is -2.15. The van der Waals surface area contributed by atoms with Gasteiger partial charge in [-0.25, -0.2) is 0 Å². The van der Waals surface area contributed by atoms with Gasteiger partial charge in [0.05, 0.1) is 6.20 Å². The van der Waals surface area contributed by atoms with Crippen LogP contribution in [0.4, 0.5) is 0 Å². The Balaban J connectivity index is 2.85. The number of nitrogens with zero attached hydrogens (tertiary/aromatic N) is 1. The highest BCUT2D eigenvalue weighted by Gasteiger charge is 2.22. The number of rotatable bonds is 2. The number of hydrogen-bond acceptors (Lipinski definition) is 2. The third-order valence-corrected chi connectivity index (χ3v) is 2.11. The van der Waals surface area contributed by atoms with E-state index in [1.165, 1.54) is 0 Å². The molecule has 0 aliphatic carbocycles. The van der Waals surface area contributed by atoms with Crippen LogP contribution in [0.15, 0.2) is 16.8 Å². The predicted octanol–water partition coefficient (Wildman–Crippen LogP) is 2.19. The Labute approximate surface area is 65.2 Å². The van der Waals surface area contributed by atoms with Gasteiger partial charge in [0.1, 0.15) is 5.76 Å². The number of alkyl halides is 1. The van der Waals surface area contributed by atoms with Crippen LogP contribution in [0.3, 0.4) is 0 Å². The van der Waals surface area contributed by atoms with Gasteiger partial charge in [0.25, 0.3) is 0 Å². The second-order valence-corrected chi connectivity index (χ2v) is 3.16. The highest BCUT2D eigenvalue weighted by Crippen LogP contribution is 2.23. The van der Waals surface area contributed by atoms with Crippen molar-refractivity contribution in [3.63, 3.8) is 0 Å². The molecule has 0 spiro atoms. The van der Waals surface area contributed by atoms with E-state index >= 15 is 0 Å². The monoisotopic (exact) mass is 159 g/mol. The van der Waals surface area contributed by atoms with E-state index in [1.54, 1.807) is 6.20 Å². The van der Waals surface area contributed by atoms with Crippen molar-refractivity contribution in [2.45, 2.75) is 19.3 Å². The first-order valence-electron chi connectivity index (χ1n) is 3.14. The summed E-state index contributed by atoms with van der Waals surface area (Å²) in [6.07, 6.45) is 1.63. The van der Waals surface area contributed by atoms with Crippen LogP contribution in [0.1, 0.15) is 19.6 Å². The summed E-state index contributed by atoms with van der Waals surface area (Å²) < 4.78 is 4.95. The van der Waals surface area contributed by atoms with Crippen LogP contribution in [0.5, 0.6) is 0 Å². The molecule has 0 radical (unpaired) electrons. The van der Waals surface area contributed by atoms with Crippen molar-refractivity contribution >= 4 is 11.6 Å². The van der Waals surface area contributed by atoms with Gasteiger partial charge in [0.15, 0.2) is 0 Å². The molecule has 0 amide bonds. The molecule has 0 saturated carbocycles. The molecule has 1 aromatic heterocycles. The highest BCUT2D eigenvalue weighted by atomic mass is 35.5. The first-order chi connectivity index (χ1) is 4.67. The van der Waals surface area contributed by atoms with E-state index in [9.17, 15) is 0 Å². The SMILES string of the molecule is CC(C)(CCl)c1ccno1. The zero-order valence-electron chi connectivity index (χ0n) is 6.10. The summed E-state index contributed by atoms with van der Waals surface area (Å²) >= 11 is 5.70. The molecular formula is C7H10ClNO. The van der Waals surface area contributed by atoms with Gasteiger partial charge >= 0.3 is 0 Å². The van der Waals surface area contributed by atoms with E-state index in [2.05, 4.69) is 5.16 Å². The number of aromatic nitrogens is 1. The zero-order valence-corrected chi connectivity index (χ0v) is 6.85. The molecule has 0 atom stereocenters. The lowest BCUT2D eigenvalue weighted by Crippen LogP contribution is -2.17. The second kappa shape index (κ2) is 2.62. The molecule has 56 valence electrons. The summed E-state index contributed by atoms with van der Waals surface area (Å²) in [6.45, 7) is 4.03. The summed E-state index contributed by atoms with van der Waals surface area (Å²) in [5, 5.41) is 3.60. The summed E-state index contributed by atoms with van der Waals surface area (Å²) in [5.74, 6) is 1.38.